The Kier molecular flexibility index (Phi) is 26.4. The number of hydrogen-bond acceptors (Lipinski definition) is 12. The summed E-state index contributed by atoms with van der Waals surface area (Å²) in [6, 6.07) is 43.0. The Morgan fingerprint density at radius 3 is 1.27 bits per heavy atom. The third-order valence-corrected chi connectivity index (χ3v) is 14.5. The van der Waals surface area contributed by atoms with Gasteiger partial charge in [-0.2, -0.15) is 0 Å². The molecule has 0 radical (unpaired) electrons. The molecule has 14 nitrogen and oxygen atoms in total. The molecule has 83 heavy (non-hydrogen) atoms. The van der Waals surface area contributed by atoms with Crippen molar-refractivity contribution in [1.29, 1.82) is 0 Å². The van der Waals surface area contributed by atoms with Gasteiger partial charge in [0.2, 0.25) is 5.41 Å². The lowest BCUT2D eigenvalue weighted by Crippen LogP contribution is -2.65. The normalized spacial score (nSPS) is 12.6. The van der Waals surface area contributed by atoms with E-state index >= 15 is 0 Å². The molecule has 2 atom stereocenters. The van der Waals surface area contributed by atoms with E-state index in [2.05, 4.69) is 13.8 Å². The maximum absolute atomic E-state index is 13.7. The molecule has 0 heterocycles. The van der Waals surface area contributed by atoms with Gasteiger partial charge in [0, 0.05) is 12.2 Å². The van der Waals surface area contributed by atoms with Crippen molar-refractivity contribution in [3.8, 4) is 34.5 Å². The summed E-state index contributed by atoms with van der Waals surface area (Å²) in [7, 11) is 0. The van der Waals surface area contributed by atoms with Crippen LogP contribution in [-0.4, -0.2) is 60.5 Å². The lowest BCUT2D eigenvalue weighted by molar-refractivity contribution is -0.174. The number of rotatable bonds is 38. The standard InChI is InChI=1S/C69H82N2O12/c1-3-5-18-48-78-58-37-41-60(42-38-58)82-63(72)45-31-52-27-33-56(34-28-52)80-50-20-9-7-12-22-54-23-15-16-26-62(54)68(71,69(66(74)75,67(76)77)65(70)55-24-13-11-14-25-55)47-17-8-10-21-51-81-57-35-29-53(30-36-57)32-46-64(73)83-61-43-39-59(40-44-61)79-49-19-6-4-2/h11,13-16,23-46,65H,3-10,12,17-22,47-51,70-71H2,1-2H3,(H,74,75)(H,76,77). The summed E-state index contributed by atoms with van der Waals surface area (Å²) >= 11 is 0. The number of nitrogens with two attached hydrogens (primary N) is 2. The first-order valence-electron chi connectivity index (χ1n) is 29.2. The molecule has 6 aromatic carbocycles. The molecule has 0 aliphatic rings. The molecule has 0 amide bonds. The first-order chi connectivity index (χ1) is 40.4. The molecule has 0 aliphatic heterocycles. The Labute approximate surface area is 489 Å². The van der Waals surface area contributed by atoms with Crippen molar-refractivity contribution in [2.24, 2.45) is 16.9 Å². The second-order valence-electron chi connectivity index (χ2n) is 20.7. The Morgan fingerprint density at radius 2 is 0.831 bits per heavy atom. The van der Waals surface area contributed by atoms with Gasteiger partial charge in [0.05, 0.1) is 38.0 Å². The van der Waals surface area contributed by atoms with Crippen LogP contribution in [0.15, 0.2) is 164 Å². The molecule has 0 aliphatic carbocycles. The Bertz CT molecular complexity index is 2950. The van der Waals surface area contributed by atoms with Gasteiger partial charge >= 0.3 is 23.9 Å². The maximum atomic E-state index is 13.7. The summed E-state index contributed by atoms with van der Waals surface area (Å²) in [5.41, 5.74) is 12.9. The molecule has 0 bridgehead atoms. The SMILES string of the molecule is CCCCCOc1ccc(OC(=O)C=Cc2ccc(OCCCCCCc3ccccc3C(N)(CCCCCCOc3ccc(C=CC(=O)Oc4ccc(OCCCCC)cc4)cc3)C(C(=O)O)(C(=O)O)C(N)c3ccccc3)cc2)cc1. The molecule has 2 unspecified atom stereocenters. The zero-order valence-corrected chi connectivity index (χ0v) is 48.1. The molecule has 6 aromatic rings. The number of aliphatic carboxylic acids is 2. The molecule has 6 N–H and O–H groups in total. The van der Waals surface area contributed by atoms with E-state index in [1.807, 2.05) is 60.7 Å². The first kappa shape index (κ1) is 64.0. The number of esters is 2. The molecular formula is C69H82N2O12. The van der Waals surface area contributed by atoms with Crippen LogP contribution in [0.4, 0.5) is 0 Å². The summed E-state index contributed by atoms with van der Waals surface area (Å²) in [4.78, 5) is 52.5. The lowest BCUT2D eigenvalue weighted by Gasteiger charge is -2.47. The van der Waals surface area contributed by atoms with Crippen molar-refractivity contribution in [3.63, 3.8) is 0 Å². The van der Waals surface area contributed by atoms with E-state index < -0.39 is 40.9 Å². The van der Waals surface area contributed by atoms with Crippen molar-refractivity contribution in [1.82, 2.24) is 0 Å². The number of hydrogen-bond donors (Lipinski definition) is 4. The van der Waals surface area contributed by atoms with Crippen LogP contribution in [0.5, 0.6) is 34.5 Å². The Hall–Kier alpha value is -8.20. The summed E-state index contributed by atoms with van der Waals surface area (Å²) in [5.74, 6) is -0.520. The van der Waals surface area contributed by atoms with E-state index in [4.69, 9.17) is 39.9 Å². The fraction of sp³-hybridized carbons (Fsp3) is 0.362. The average Bonchev–Trinajstić information content (AvgIpc) is 1.50. The second-order valence-corrected chi connectivity index (χ2v) is 20.7. The van der Waals surface area contributed by atoms with E-state index in [-0.39, 0.29) is 6.42 Å². The number of carboxylic acids is 2. The van der Waals surface area contributed by atoms with Crippen LogP contribution in [0.2, 0.25) is 0 Å². The second kappa shape index (κ2) is 34.3. The quantitative estimate of drug-likeness (QED) is 0.00933. The summed E-state index contributed by atoms with van der Waals surface area (Å²) in [6.07, 6.45) is 18.8. The molecular weight excluding hydrogens is 1050 g/mol. The van der Waals surface area contributed by atoms with Gasteiger partial charge < -0.3 is 50.1 Å². The van der Waals surface area contributed by atoms with Crippen LogP contribution in [-0.2, 0) is 31.1 Å². The molecule has 0 aromatic heterocycles. The zero-order chi connectivity index (χ0) is 59.1. The molecule has 0 spiro atoms. The number of aryl methyl sites for hydroxylation is 1. The molecule has 0 saturated heterocycles. The highest BCUT2D eigenvalue weighted by atomic mass is 16.5. The molecule has 440 valence electrons. The summed E-state index contributed by atoms with van der Waals surface area (Å²) in [6.45, 7) is 6.50. The van der Waals surface area contributed by atoms with E-state index in [0.717, 1.165) is 92.4 Å². The zero-order valence-electron chi connectivity index (χ0n) is 48.1. The topological polar surface area (TPSA) is 216 Å². The third kappa shape index (κ3) is 19.7. The number of unbranched alkanes of at least 4 members (excludes halogenated alkanes) is 10. The number of benzene rings is 6. The van der Waals surface area contributed by atoms with Crippen molar-refractivity contribution in [3.05, 3.63) is 192 Å². The van der Waals surface area contributed by atoms with Crippen molar-refractivity contribution >= 4 is 36.0 Å². The predicted molar refractivity (Wildman–Crippen MR) is 325 cm³/mol. The van der Waals surface area contributed by atoms with E-state index in [1.165, 1.54) is 12.2 Å². The maximum Gasteiger partial charge on any atom is 0.336 e. The van der Waals surface area contributed by atoms with Gasteiger partial charge in [0.25, 0.3) is 0 Å². The minimum atomic E-state index is -2.64. The minimum absolute atomic E-state index is 0.0406. The van der Waals surface area contributed by atoms with Gasteiger partial charge in [-0.05, 0) is 158 Å². The molecule has 0 fully saturated rings. The fourth-order valence-corrected chi connectivity index (χ4v) is 9.93. The summed E-state index contributed by atoms with van der Waals surface area (Å²) in [5, 5.41) is 22.3. The fourth-order valence-electron chi connectivity index (χ4n) is 9.93. The lowest BCUT2D eigenvalue weighted by atomic mass is 9.58. The van der Waals surface area contributed by atoms with E-state index in [0.29, 0.717) is 92.7 Å². The molecule has 0 saturated carbocycles. The van der Waals surface area contributed by atoms with Gasteiger partial charge in [-0.3, -0.25) is 9.59 Å². The Morgan fingerprint density at radius 1 is 0.458 bits per heavy atom. The van der Waals surface area contributed by atoms with Crippen LogP contribution >= 0.6 is 0 Å². The van der Waals surface area contributed by atoms with Gasteiger partial charge in [-0.15, -0.1) is 0 Å². The van der Waals surface area contributed by atoms with Crippen LogP contribution in [0, 0.1) is 5.41 Å². The molecule has 14 heteroatoms. The highest BCUT2D eigenvalue weighted by Crippen LogP contribution is 2.51. The van der Waals surface area contributed by atoms with Crippen LogP contribution in [0.25, 0.3) is 12.2 Å². The van der Waals surface area contributed by atoms with Crippen molar-refractivity contribution in [2.75, 3.05) is 26.4 Å². The summed E-state index contributed by atoms with van der Waals surface area (Å²) < 4.78 is 34.4. The Balaban J connectivity index is 0.976. The number of ether oxygens (including phenoxy) is 6. The average molecular weight is 1130 g/mol. The van der Waals surface area contributed by atoms with Gasteiger partial charge in [0.15, 0.2) is 0 Å². The largest absolute Gasteiger partial charge is 0.494 e. The predicted octanol–water partition coefficient (Wildman–Crippen LogP) is 14.3. The number of carboxylic acid groups (broad SMARTS) is 2. The van der Waals surface area contributed by atoms with Gasteiger partial charge in [-0.1, -0.05) is 150 Å². The number of carbonyl (C=O) groups excluding carboxylic acids is 2. The van der Waals surface area contributed by atoms with Gasteiger partial charge in [-0.25, -0.2) is 9.59 Å². The van der Waals surface area contributed by atoms with Crippen LogP contribution < -0.4 is 39.9 Å². The van der Waals surface area contributed by atoms with E-state index in [9.17, 15) is 29.4 Å². The first-order valence-corrected chi connectivity index (χ1v) is 29.2. The van der Waals surface area contributed by atoms with Crippen LogP contribution in [0.1, 0.15) is 144 Å². The molecule has 6 rings (SSSR count). The van der Waals surface area contributed by atoms with Crippen molar-refractivity contribution < 1.29 is 57.8 Å². The monoisotopic (exact) mass is 1130 g/mol. The van der Waals surface area contributed by atoms with Crippen LogP contribution in [0.3, 0.4) is 0 Å². The third-order valence-electron chi connectivity index (χ3n) is 14.5. The van der Waals surface area contributed by atoms with Crippen molar-refractivity contribution in [2.45, 2.75) is 128 Å². The smallest absolute Gasteiger partial charge is 0.336 e. The highest BCUT2D eigenvalue weighted by molar-refractivity contribution is 6.01. The highest BCUT2D eigenvalue weighted by Gasteiger charge is 2.65. The number of carbonyl (C=O) groups is 4. The van der Waals surface area contributed by atoms with E-state index in [1.54, 1.807) is 103 Å². The minimum Gasteiger partial charge on any atom is -0.494 e. The van der Waals surface area contributed by atoms with Gasteiger partial charge in [0.1, 0.15) is 34.5 Å².